The highest BCUT2D eigenvalue weighted by molar-refractivity contribution is 6.08. The molecule has 2 aromatic rings. The third-order valence-electron chi connectivity index (χ3n) is 3.74. The molecule has 2 unspecified atom stereocenters. The Balaban J connectivity index is 2.42. The fraction of sp³-hybridized carbons (Fsp3) is 0.211. The van der Waals surface area contributed by atoms with Crippen molar-refractivity contribution < 1.29 is 19.5 Å². The number of benzene rings is 2. The molecule has 25 heavy (non-hydrogen) atoms. The Bertz CT molecular complexity index is 745. The van der Waals surface area contributed by atoms with Gasteiger partial charge in [-0.05, 0) is 24.6 Å². The van der Waals surface area contributed by atoms with Crippen molar-refractivity contribution in [3.05, 3.63) is 71.8 Å². The molecule has 0 spiro atoms. The van der Waals surface area contributed by atoms with E-state index in [0.717, 1.165) is 4.90 Å². The van der Waals surface area contributed by atoms with Crippen molar-refractivity contribution in [3.63, 3.8) is 0 Å². The summed E-state index contributed by atoms with van der Waals surface area (Å²) in [5, 5.41) is 9.64. The number of imide groups is 1. The first-order chi connectivity index (χ1) is 11.9. The van der Waals surface area contributed by atoms with Gasteiger partial charge in [-0.1, -0.05) is 48.5 Å². The predicted octanol–water partition coefficient (Wildman–Crippen LogP) is 1.70. The van der Waals surface area contributed by atoms with Gasteiger partial charge in [-0.15, -0.1) is 0 Å². The first-order valence-corrected chi connectivity index (χ1v) is 7.86. The van der Waals surface area contributed by atoms with Crippen LogP contribution >= 0.6 is 0 Å². The van der Waals surface area contributed by atoms with E-state index < -0.39 is 29.9 Å². The third kappa shape index (κ3) is 4.51. The molecular formula is C19H20N2O4. The summed E-state index contributed by atoms with van der Waals surface area (Å²) in [6.07, 6.45) is 0.00715. The van der Waals surface area contributed by atoms with Crippen LogP contribution in [0.2, 0.25) is 0 Å². The maximum Gasteiger partial charge on any atom is 0.327 e. The van der Waals surface area contributed by atoms with Gasteiger partial charge in [-0.25, -0.2) is 4.79 Å². The number of rotatable bonds is 6. The van der Waals surface area contributed by atoms with E-state index in [1.165, 1.54) is 19.1 Å². The summed E-state index contributed by atoms with van der Waals surface area (Å²) < 4.78 is 0. The average molecular weight is 340 g/mol. The molecular weight excluding hydrogens is 320 g/mol. The van der Waals surface area contributed by atoms with Crippen LogP contribution < -0.4 is 5.73 Å². The lowest BCUT2D eigenvalue weighted by atomic mass is 10.0. The Morgan fingerprint density at radius 1 is 1.00 bits per heavy atom. The Kier molecular flexibility index (Phi) is 6.03. The van der Waals surface area contributed by atoms with E-state index in [1.54, 1.807) is 48.5 Å². The highest BCUT2D eigenvalue weighted by Crippen LogP contribution is 2.15. The molecule has 6 nitrogen and oxygen atoms in total. The maximum atomic E-state index is 12.8. The molecule has 0 bridgehead atoms. The molecule has 0 aromatic heterocycles. The fourth-order valence-electron chi connectivity index (χ4n) is 2.46. The lowest BCUT2D eigenvalue weighted by Crippen LogP contribution is -2.54. The van der Waals surface area contributed by atoms with E-state index >= 15 is 0 Å². The van der Waals surface area contributed by atoms with Crippen LogP contribution in [-0.2, 0) is 16.0 Å². The first-order valence-electron chi connectivity index (χ1n) is 7.86. The maximum absolute atomic E-state index is 12.8. The summed E-state index contributed by atoms with van der Waals surface area (Å²) in [7, 11) is 0. The van der Waals surface area contributed by atoms with Gasteiger partial charge in [0.25, 0.3) is 5.91 Å². The zero-order chi connectivity index (χ0) is 18.4. The van der Waals surface area contributed by atoms with Gasteiger partial charge in [0, 0.05) is 12.0 Å². The van der Waals surface area contributed by atoms with Gasteiger partial charge >= 0.3 is 5.97 Å². The monoisotopic (exact) mass is 340 g/mol. The number of amides is 2. The van der Waals surface area contributed by atoms with Gasteiger partial charge in [0.1, 0.15) is 6.04 Å². The molecule has 3 N–H and O–H groups in total. The van der Waals surface area contributed by atoms with Crippen LogP contribution in [0.15, 0.2) is 60.7 Å². The molecule has 0 saturated heterocycles. The Hall–Kier alpha value is -2.99. The van der Waals surface area contributed by atoms with E-state index in [1.807, 2.05) is 0 Å². The lowest BCUT2D eigenvalue weighted by molar-refractivity contribution is -0.148. The van der Waals surface area contributed by atoms with E-state index in [-0.39, 0.29) is 12.0 Å². The van der Waals surface area contributed by atoms with E-state index in [4.69, 9.17) is 5.73 Å². The Morgan fingerprint density at radius 2 is 1.52 bits per heavy atom. The quantitative estimate of drug-likeness (QED) is 0.833. The van der Waals surface area contributed by atoms with Crippen molar-refractivity contribution >= 4 is 17.8 Å². The summed E-state index contributed by atoms with van der Waals surface area (Å²) in [5.41, 5.74) is 6.59. The van der Waals surface area contributed by atoms with Crippen LogP contribution in [0, 0.1) is 0 Å². The number of nitrogens with zero attached hydrogens (tertiary/aromatic N) is 1. The molecule has 2 atom stereocenters. The number of hydrogen-bond acceptors (Lipinski definition) is 4. The molecule has 0 aliphatic carbocycles. The number of aliphatic carboxylic acids is 1. The molecule has 0 aliphatic rings. The van der Waals surface area contributed by atoms with Crippen molar-refractivity contribution in [1.82, 2.24) is 4.90 Å². The molecule has 2 aromatic carbocycles. The Labute approximate surface area is 145 Å². The lowest BCUT2D eigenvalue weighted by Gasteiger charge is -2.29. The number of carboxylic acid groups (broad SMARTS) is 1. The van der Waals surface area contributed by atoms with Crippen molar-refractivity contribution in [2.75, 3.05) is 0 Å². The Morgan fingerprint density at radius 3 is 2.00 bits per heavy atom. The molecule has 0 fully saturated rings. The molecule has 0 radical (unpaired) electrons. The van der Waals surface area contributed by atoms with Crippen molar-refractivity contribution in [1.29, 1.82) is 0 Å². The van der Waals surface area contributed by atoms with Gasteiger partial charge in [0.05, 0.1) is 6.04 Å². The van der Waals surface area contributed by atoms with Gasteiger partial charge in [-0.3, -0.25) is 14.5 Å². The summed E-state index contributed by atoms with van der Waals surface area (Å²) in [6, 6.07) is 14.6. The van der Waals surface area contributed by atoms with Crippen LogP contribution in [0.4, 0.5) is 0 Å². The van der Waals surface area contributed by atoms with Crippen molar-refractivity contribution in [3.8, 4) is 0 Å². The van der Waals surface area contributed by atoms with Gasteiger partial charge < -0.3 is 10.8 Å². The summed E-state index contributed by atoms with van der Waals surface area (Å²) in [5.74, 6) is -2.66. The minimum absolute atomic E-state index is 0.00715. The smallest absolute Gasteiger partial charge is 0.327 e. The molecule has 0 aliphatic heterocycles. The molecule has 2 rings (SSSR count). The summed E-state index contributed by atoms with van der Waals surface area (Å²) in [4.78, 5) is 37.9. The largest absolute Gasteiger partial charge is 0.480 e. The predicted molar refractivity (Wildman–Crippen MR) is 92.8 cm³/mol. The minimum Gasteiger partial charge on any atom is -0.480 e. The molecule has 130 valence electrons. The highest BCUT2D eigenvalue weighted by atomic mass is 16.4. The number of hydrogen-bond donors (Lipinski definition) is 2. The molecule has 2 amide bonds. The zero-order valence-corrected chi connectivity index (χ0v) is 13.8. The van der Waals surface area contributed by atoms with E-state index in [9.17, 15) is 19.5 Å². The van der Waals surface area contributed by atoms with Crippen molar-refractivity contribution in [2.45, 2.75) is 25.4 Å². The number of carbonyl (C=O) groups is 3. The topological polar surface area (TPSA) is 101 Å². The summed E-state index contributed by atoms with van der Waals surface area (Å²) >= 11 is 0. The number of carboxylic acids is 1. The normalized spacial score (nSPS) is 12.9. The SMILES string of the molecule is CC(N)C(=O)N(C(=O)c1ccccc1)C(Cc1ccccc1)C(=O)O. The number of carbonyl (C=O) groups excluding carboxylic acids is 2. The standard InChI is InChI=1S/C19H20N2O4/c1-13(20)17(22)21(18(23)15-10-6-3-7-11-15)16(19(24)25)12-14-8-4-2-5-9-14/h2-11,13,16H,12,20H2,1H3,(H,24,25). The fourth-order valence-corrected chi connectivity index (χ4v) is 2.46. The second-order valence-electron chi connectivity index (χ2n) is 5.71. The minimum atomic E-state index is -1.34. The summed E-state index contributed by atoms with van der Waals surface area (Å²) in [6.45, 7) is 1.43. The van der Waals surface area contributed by atoms with Crippen LogP contribution in [-0.4, -0.2) is 39.9 Å². The van der Waals surface area contributed by atoms with Gasteiger partial charge in [0.2, 0.25) is 5.91 Å². The third-order valence-corrected chi connectivity index (χ3v) is 3.74. The molecule has 0 heterocycles. The van der Waals surface area contributed by atoms with Gasteiger partial charge in [-0.2, -0.15) is 0 Å². The van der Waals surface area contributed by atoms with Crippen LogP contribution in [0.3, 0.4) is 0 Å². The zero-order valence-electron chi connectivity index (χ0n) is 13.8. The van der Waals surface area contributed by atoms with Crippen LogP contribution in [0.5, 0.6) is 0 Å². The highest BCUT2D eigenvalue weighted by Gasteiger charge is 2.36. The molecule has 6 heteroatoms. The molecule has 0 saturated carbocycles. The first kappa shape index (κ1) is 18.4. The van der Waals surface area contributed by atoms with Crippen LogP contribution in [0.1, 0.15) is 22.8 Å². The number of nitrogens with two attached hydrogens (primary N) is 1. The van der Waals surface area contributed by atoms with Gasteiger partial charge in [0.15, 0.2) is 0 Å². The second kappa shape index (κ2) is 8.21. The van der Waals surface area contributed by atoms with E-state index in [0.29, 0.717) is 5.56 Å². The second-order valence-corrected chi connectivity index (χ2v) is 5.71. The van der Waals surface area contributed by atoms with Crippen molar-refractivity contribution in [2.24, 2.45) is 5.73 Å². The van der Waals surface area contributed by atoms with Crippen LogP contribution in [0.25, 0.3) is 0 Å². The average Bonchev–Trinajstić information content (AvgIpc) is 2.62. The van der Waals surface area contributed by atoms with E-state index in [2.05, 4.69) is 0 Å².